The summed E-state index contributed by atoms with van der Waals surface area (Å²) >= 11 is 1.77. The van der Waals surface area contributed by atoms with E-state index in [2.05, 4.69) is 38.7 Å². The highest BCUT2D eigenvalue weighted by atomic mass is 32.1. The van der Waals surface area contributed by atoms with E-state index in [1.54, 1.807) is 11.3 Å². The maximum Gasteiger partial charge on any atom is 0.193 e. The lowest BCUT2D eigenvalue weighted by Gasteiger charge is -2.21. The van der Waals surface area contributed by atoms with Gasteiger partial charge in [0, 0.05) is 70.2 Å². The van der Waals surface area contributed by atoms with Crippen molar-refractivity contribution in [3.8, 4) is 0 Å². The summed E-state index contributed by atoms with van der Waals surface area (Å²) in [4.78, 5) is 14.5. The Kier molecular flexibility index (Phi) is 6.14. The lowest BCUT2D eigenvalue weighted by atomic mass is 10.0. The van der Waals surface area contributed by atoms with Crippen molar-refractivity contribution < 1.29 is 0 Å². The zero-order valence-corrected chi connectivity index (χ0v) is 17.8. The molecule has 0 aliphatic carbocycles. The average Bonchev–Trinajstić information content (AvgIpc) is 3.46. The summed E-state index contributed by atoms with van der Waals surface area (Å²) in [5.41, 5.74) is 2.50. The van der Waals surface area contributed by atoms with Gasteiger partial charge in [0.25, 0.3) is 0 Å². The fourth-order valence-electron chi connectivity index (χ4n) is 4.04. The molecule has 0 spiro atoms. The molecule has 4 heterocycles. The summed E-state index contributed by atoms with van der Waals surface area (Å²) < 4.78 is 1.89. The number of nitrogens with one attached hydrogen (secondary N) is 1. The Labute approximate surface area is 171 Å². The lowest BCUT2D eigenvalue weighted by molar-refractivity contribution is 0.486. The highest BCUT2D eigenvalue weighted by Crippen LogP contribution is 2.27. The van der Waals surface area contributed by atoms with Crippen LogP contribution in [0.4, 0.5) is 5.13 Å². The maximum absolute atomic E-state index is 4.89. The van der Waals surface area contributed by atoms with Crippen LogP contribution in [-0.4, -0.2) is 64.9 Å². The fourth-order valence-corrected chi connectivity index (χ4v) is 4.96. The van der Waals surface area contributed by atoms with Crippen LogP contribution in [0.25, 0.3) is 0 Å². The van der Waals surface area contributed by atoms with Crippen molar-refractivity contribution in [2.45, 2.75) is 38.5 Å². The van der Waals surface area contributed by atoms with Gasteiger partial charge in [-0.1, -0.05) is 0 Å². The smallest absolute Gasteiger partial charge is 0.193 e. The first-order valence-electron chi connectivity index (χ1n) is 10.4. The van der Waals surface area contributed by atoms with Crippen molar-refractivity contribution in [1.82, 2.24) is 25.0 Å². The van der Waals surface area contributed by atoms with E-state index in [9.17, 15) is 0 Å². The molecule has 152 valence electrons. The Bertz CT molecular complexity index is 790. The van der Waals surface area contributed by atoms with Gasteiger partial charge in [0.2, 0.25) is 0 Å². The Hall–Kier alpha value is -2.09. The third-order valence-corrected chi connectivity index (χ3v) is 6.51. The van der Waals surface area contributed by atoms with Gasteiger partial charge < -0.3 is 15.1 Å². The van der Waals surface area contributed by atoms with E-state index < -0.39 is 0 Å². The molecule has 2 aliphatic heterocycles. The number of rotatable bonds is 6. The number of aliphatic imine (C=N–C) groups is 1. The molecule has 4 rings (SSSR count). The van der Waals surface area contributed by atoms with Crippen LogP contribution in [0.2, 0.25) is 0 Å². The number of hydrogen-bond acceptors (Lipinski definition) is 5. The summed E-state index contributed by atoms with van der Waals surface area (Å²) in [5, 5.41) is 11.2. The molecule has 0 radical (unpaired) electrons. The maximum atomic E-state index is 4.89. The van der Waals surface area contributed by atoms with Crippen LogP contribution >= 0.6 is 11.3 Å². The topological polar surface area (TPSA) is 61.6 Å². The van der Waals surface area contributed by atoms with Gasteiger partial charge >= 0.3 is 0 Å². The molecule has 0 saturated carbocycles. The van der Waals surface area contributed by atoms with Crippen molar-refractivity contribution in [2.75, 3.05) is 44.2 Å². The van der Waals surface area contributed by atoms with Crippen molar-refractivity contribution >= 4 is 22.4 Å². The minimum Gasteiger partial charge on any atom is -0.357 e. The Morgan fingerprint density at radius 2 is 2.18 bits per heavy atom. The van der Waals surface area contributed by atoms with Gasteiger partial charge in [-0.2, -0.15) is 5.10 Å². The van der Waals surface area contributed by atoms with Gasteiger partial charge in [-0.05, 0) is 31.7 Å². The van der Waals surface area contributed by atoms with Crippen LogP contribution in [0, 0.1) is 0 Å². The van der Waals surface area contributed by atoms with Crippen molar-refractivity contribution in [3.63, 3.8) is 0 Å². The number of thiazole rings is 1. The molecule has 0 aromatic carbocycles. The molecule has 2 aliphatic rings. The Morgan fingerprint density at radius 3 is 2.93 bits per heavy atom. The quantitative estimate of drug-likeness (QED) is 0.595. The molecular weight excluding hydrogens is 370 g/mol. The molecule has 1 atom stereocenters. The predicted molar refractivity (Wildman–Crippen MR) is 115 cm³/mol. The molecule has 28 heavy (non-hydrogen) atoms. The van der Waals surface area contributed by atoms with Crippen LogP contribution in [0.5, 0.6) is 0 Å². The van der Waals surface area contributed by atoms with Crippen LogP contribution in [-0.2, 0) is 13.5 Å². The standard InChI is InChI=1S/C20H31N7S/c1-3-21-19(27-11-7-16(14-27)17-12-23-25(2)13-17)22-8-6-18-15-28-20(24-18)26-9-4-5-10-26/h12-13,15-16H,3-11,14H2,1-2H3,(H,21,22). The summed E-state index contributed by atoms with van der Waals surface area (Å²) in [7, 11) is 1.98. The first kappa shape index (κ1) is 19.2. The lowest BCUT2D eigenvalue weighted by Crippen LogP contribution is -2.40. The van der Waals surface area contributed by atoms with Gasteiger partial charge in [0.15, 0.2) is 11.1 Å². The average molecular weight is 402 g/mol. The van der Waals surface area contributed by atoms with Gasteiger partial charge in [0.1, 0.15) is 0 Å². The number of guanidine groups is 1. The second kappa shape index (κ2) is 8.94. The first-order chi connectivity index (χ1) is 13.7. The van der Waals surface area contributed by atoms with Crippen molar-refractivity contribution in [3.05, 3.63) is 29.0 Å². The molecular formula is C20H31N7S. The summed E-state index contributed by atoms with van der Waals surface area (Å²) in [6.45, 7) is 8.16. The Morgan fingerprint density at radius 1 is 1.32 bits per heavy atom. The second-order valence-corrected chi connectivity index (χ2v) is 8.52. The number of aryl methyl sites for hydroxylation is 1. The normalized spacial score (nSPS) is 20.4. The molecule has 0 amide bonds. The predicted octanol–water partition coefficient (Wildman–Crippen LogP) is 2.47. The highest BCUT2D eigenvalue weighted by molar-refractivity contribution is 7.13. The van der Waals surface area contributed by atoms with Crippen molar-refractivity contribution in [1.29, 1.82) is 0 Å². The molecule has 2 aromatic heterocycles. The van der Waals surface area contributed by atoms with Crippen molar-refractivity contribution in [2.24, 2.45) is 12.0 Å². The van der Waals surface area contributed by atoms with Gasteiger partial charge in [-0.3, -0.25) is 9.67 Å². The molecule has 0 bridgehead atoms. The number of hydrogen-bond donors (Lipinski definition) is 1. The SMILES string of the molecule is CCNC(=NCCc1csc(N2CCCC2)n1)N1CCC(c2cnn(C)c2)C1. The number of anilines is 1. The van der Waals surface area contributed by atoms with Gasteiger partial charge in [-0.15, -0.1) is 11.3 Å². The summed E-state index contributed by atoms with van der Waals surface area (Å²) in [5.74, 6) is 1.57. The van der Waals surface area contributed by atoms with E-state index in [4.69, 9.17) is 9.98 Å². The van der Waals surface area contributed by atoms with E-state index in [1.807, 2.05) is 17.9 Å². The van der Waals surface area contributed by atoms with E-state index in [1.165, 1.54) is 29.2 Å². The van der Waals surface area contributed by atoms with Crippen LogP contribution in [0.1, 0.15) is 43.4 Å². The minimum atomic E-state index is 0.541. The summed E-state index contributed by atoms with van der Waals surface area (Å²) in [6.07, 6.45) is 8.78. The number of aromatic nitrogens is 3. The number of likely N-dealkylation sites (tertiary alicyclic amines) is 1. The van der Waals surface area contributed by atoms with Gasteiger partial charge in [-0.25, -0.2) is 4.98 Å². The zero-order chi connectivity index (χ0) is 19.3. The number of nitrogens with zero attached hydrogens (tertiary/aromatic N) is 6. The molecule has 7 nitrogen and oxygen atoms in total. The Balaban J connectivity index is 1.33. The summed E-state index contributed by atoms with van der Waals surface area (Å²) in [6, 6.07) is 0. The van der Waals surface area contributed by atoms with E-state index >= 15 is 0 Å². The zero-order valence-electron chi connectivity index (χ0n) is 17.0. The first-order valence-corrected chi connectivity index (χ1v) is 11.3. The van der Waals surface area contributed by atoms with E-state index in [0.717, 1.165) is 58.1 Å². The third kappa shape index (κ3) is 4.48. The third-order valence-electron chi connectivity index (χ3n) is 5.56. The molecule has 2 saturated heterocycles. The largest absolute Gasteiger partial charge is 0.357 e. The molecule has 1 unspecified atom stereocenters. The molecule has 2 fully saturated rings. The van der Waals surface area contributed by atoms with Crippen LogP contribution in [0.3, 0.4) is 0 Å². The monoisotopic (exact) mass is 401 g/mol. The minimum absolute atomic E-state index is 0.541. The van der Waals surface area contributed by atoms with Gasteiger partial charge in [0.05, 0.1) is 11.9 Å². The molecule has 2 aromatic rings. The highest BCUT2D eigenvalue weighted by Gasteiger charge is 2.26. The van der Waals surface area contributed by atoms with E-state index in [-0.39, 0.29) is 0 Å². The fraction of sp³-hybridized carbons (Fsp3) is 0.650. The molecule has 8 heteroatoms. The van der Waals surface area contributed by atoms with Crippen LogP contribution in [0.15, 0.2) is 22.8 Å². The molecule has 1 N–H and O–H groups in total. The second-order valence-electron chi connectivity index (χ2n) is 7.68. The van der Waals surface area contributed by atoms with Crippen LogP contribution < -0.4 is 10.2 Å². The van der Waals surface area contributed by atoms with E-state index in [0.29, 0.717) is 5.92 Å².